The zero-order valence-corrected chi connectivity index (χ0v) is 22.2. The first kappa shape index (κ1) is 26.4. The standard InChI is InChI=1S/C31H29N5O4/c1-39-24-14-10-13-23(19-24)30(31(38)32-20-22-11-4-3-5-12-22)36(27-17-8-9-18-28(27)40-2)29(37)21-35-26-16-7-6-15-25(26)33-34-35/h3-19,30H,20-21H2,1-2H3,(H,32,38)/t30-/m1/s1. The number of hydrogen-bond acceptors (Lipinski definition) is 6. The molecule has 40 heavy (non-hydrogen) atoms. The van der Waals surface area contributed by atoms with Crippen molar-refractivity contribution in [3.63, 3.8) is 0 Å². The minimum absolute atomic E-state index is 0.148. The molecule has 4 aromatic carbocycles. The summed E-state index contributed by atoms with van der Waals surface area (Å²) < 4.78 is 12.6. The highest BCUT2D eigenvalue weighted by atomic mass is 16.5. The van der Waals surface area contributed by atoms with Gasteiger partial charge in [0.2, 0.25) is 11.8 Å². The highest BCUT2D eigenvalue weighted by Gasteiger charge is 2.35. The van der Waals surface area contributed by atoms with Crippen molar-refractivity contribution in [3.05, 3.63) is 114 Å². The van der Waals surface area contributed by atoms with Crippen LogP contribution in [0.15, 0.2) is 103 Å². The van der Waals surface area contributed by atoms with E-state index in [0.29, 0.717) is 40.3 Å². The van der Waals surface area contributed by atoms with Crippen molar-refractivity contribution in [2.45, 2.75) is 19.1 Å². The second kappa shape index (κ2) is 12.1. The average molecular weight is 536 g/mol. The van der Waals surface area contributed by atoms with Crippen LogP contribution in [0.1, 0.15) is 17.2 Å². The van der Waals surface area contributed by atoms with Crippen LogP contribution in [0.25, 0.3) is 11.0 Å². The van der Waals surface area contributed by atoms with Crippen LogP contribution in [0.2, 0.25) is 0 Å². The number of nitrogens with zero attached hydrogens (tertiary/aromatic N) is 4. The maximum absolute atomic E-state index is 14.2. The highest BCUT2D eigenvalue weighted by Crippen LogP contribution is 2.36. The van der Waals surface area contributed by atoms with Gasteiger partial charge in [-0.25, -0.2) is 4.68 Å². The number of aromatic nitrogens is 3. The lowest BCUT2D eigenvalue weighted by Gasteiger charge is -2.32. The largest absolute Gasteiger partial charge is 0.497 e. The van der Waals surface area contributed by atoms with E-state index in [2.05, 4.69) is 15.6 Å². The van der Waals surface area contributed by atoms with Crippen LogP contribution in [0, 0.1) is 0 Å². The summed E-state index contributed by atoms with van der Waals surface area (Å²) in [6, 6.07) is 30.2. The van der Waals surface area contributed by atoms with E-state index in [-0.39, 0.29) is 18.4 Å². The minimum atomic E-state index is -1.04. The third kappa shape index (κ3) is 5.63. The lowest BCUT2D eigenvalue weighted by atomic mass is 10.0. The fourth-order valence-electron chi connectivity index (χ4n) is 4.60. The summed E-state index contributed by atoms with van der Waals surface area (Å²) in [7, 11) is 3.09. The molecule has 1 atom stereocenters. The molecular weight excluding hydrogens is 506 g/mol. The van der Waals surface area contributed by atoms with Gasteiger partial charge in [0.1, 0.15) is 29.6 Å². The summed E-state index contributed by atoms with van der Waals surface area (Å²) in [5.74, 6) is 0.277. The molecule has 0 spiro atoms. The van der Waals surface area contributed by atoms with Crippen LogP contribution in [-0.4, -0.2) is 41.0 Å². The molecule has 0 aliphatic carbocycles. The van der Waals surface area contributed by atoms with Crippen molar-refractivity contribution < 1.29 is 19.1 Å². The van der Waals surface area contributed by atoms with Gasteiger partial charge in [-0.05, 0) is 47.5 Å². The average Bonchev–Trinajstić information content (AvgIpc) is 3.41. The monoisotopic (exact) mass is 535 g/mol. The van der Waals surface area contributed by atoms with Gasteiger partial charge in [0.15, 0.2) is 0 Å². The van der Waals surface area contributed by atoms with E-state index in [9.17, 15) is 9.59 Å². The molecule has 1 heterocycles. The first-order chi connectivity index (χ1) is 19.6. The Hall–Kier alpha value is -5.18. The van der Waals surface area contributed by atoms with Gasteiger partial charge < -0.3 is 14.8 Å². The summed E-state index contributed by atoms with van der Waals surface area (Å²) >= 11 is 0. The first-order valence-electron chi connectivity index (χ1n) is 12.8. The summed E-state index contributed by atoms with van der Waals surface area (Å²) in [6.07, 6.45) is 0. The predicted molar refractivity (Wildman–Crippen MR) is 152 cm³/mol. The van der Waals surface area contributed by atoms with Crippen molar-refractivity contribution in [1.82, 2.24) is 20.3 Å². The molecule has 0 radical (unpaired) electrons. The number of nitrogens with one attached hydrogen (secondary N) is 1. The molecule has 1 aromatic heterocycles. The van der Waals surface area contributed by atoms with Crippen LogP contribution in [0.4, 0.5) is 5.69 Å². The molecular formula is C31H29N5O4. The molecule has 0 bridgehead atoms. The molecule has 0 unspecified atom stereocenters. The third-order valence-corrected chi connectivity index (χ3v) is 6.54. The Morgan fingerprint density at radius 3 is 2.42 bits per heavy atom. The molecule has 0 saturated heterocycles. The zero-order valence-electron chi connectivity index (χ0n) is 22.2. The van der Waals surface area contributed by atoms with E-state index in [1.807, 2.05) is 60.7 Å². The summed E-state index contributed by atoms with van der Waals surface area (Å²) in [5.41, 5.74) is 3.34. The van der Waals surface area contributed by atoms with Crippen LogP contribution in [0.3, 0.4) is 0 Å². The summed E-state index contributed by atoms with van der Waals surface area (Å²) in [6.45, 7) is 0.146. The number of ether oxygens (including phenoxy) is 2. The van der Waals surface area contributed by atoms with E-state index in [1.165, 1.54) is 16.7 Å². The number of rotatable bonds is 10. The number of carbonyl (C=O) groups is 2. The summed E-state index contributed by atoms with van der Waals surface area (Å²) in [4.78, 5) is 29.7. The highest BCUT2D eigenvalue weighted by molar-refractivity contribution is 6.02. The molecule has 2 amide bonds. The lowest BCUT2D eigenvalue weighted by molar-refractivity contribution is -0.127. The van der Waals surface area contributed by atoms with Crippen molar-refractivity contribution in [1.29, 1.82) is 0 Å². The maximum atomic E-state index is 14.2. The molecule has 0 aliphatic rings. The Labute approximate surface area is 231 Å². The summed E-state index contributed by atoms with van der Waals surface area (Å²) in [5, 5.41) is 11.4. The molecule has 0 aliphatic heterocycles. The van der Waals surface area contributed by atoms with Crippen LogP contribution >= 0.6 is 0 Å². The normalized spacial score (nSPS) is 11.6. The van der Waals surface area contributed by atoms with Crippen LogP contribution < -0.4 is 19.7 Å². The van der Waals surface area contributed by atoms with Crippen LogP contribution in [-0.2, 0) is 22.7 Å². The van der Waals surface area contributed by atoms with Gasteiger partial charge in [-0.3, -0.25) is 14.5 Å². The molecule has 9 nitrogen and oxygen atoms in total. The van der Waals surface area contributed by atoms with E-state index >= 15 is 0 Å². The Balaban J connectivity index is 1.60. The molecule has 5 rings (SSSR count). The number of anilines is 1. The quantitative estimate of drug-likeness (QED) is 0.282. The topological polar surface area (TPSA) is 98.6 Å². The Morgan fingerprint density at radius 2 is 1.62 bits per heavy atom. The second-order valence-corrected chi connectivity index (χ2v) is 9.05. The number of hydrogen-bond donors (Lipinski definition) is 1. The zero-order chi connectivity index (χ0) is 27.9. The Kier molecular flexibility index (Phi) is 8.01. The number of para-hydroxylation sites is 3. The Morgan fingerprint density at radius 1 is 0.875 bits per heavy atom. The van der Waals surface area contributed by atoms with Gasteiger partial charge in [-0.2, -0.15) is 0 Å². The number of amides is 2. The molecule has 202 valence electrons. The number of methoxy groups -OCH3 is 2. The van der Waals surface area contributed by atoms with Crippen LogP contribution in [0.5, 0.6) is 11.5 Å². The number of benzene rings is 4. The molecule has 0 saturated carbocycles. The molecule has 9 heteroatoms. The van der Waals surface area contributed by atoms with E-state index < -0.39 is 6.04 Å². The fourth-order valence-corrected chi connectivity index (χ4v) is 4.60. The van der Waals surface area contributed by atoms with Gasteiger partial charge >= 0.3 is 0 Å². The van der Waals surface area contributed by atoms with Gasteiger partial charge in [0, 0.05) is 6.54 Å². The van der Waals surface area contributed by atoms with Gasteiger partial charge in [0.25, 0.3) is 0 Å². The Bertz CT molecular complexity index is 1620. The molecule has 5 aromatic rings. The van der Waals surface area contributed by atoms with Gasteiger partial charge in [-0.1, -0.05) is 71.9 Å². The van der Waals surface area contributed by atoms with Crippen molar-refractivity contribution in [2.75, 3.05) is 19.1 Å². The van der Waals surface area contributed by atoms with Gasteiger partial charge in [-0.15, -0.1) is 5.10 Å². The van der Waals surface area contributed by atoms with Crippen molar-refractivity contribution >= 4 is 28.5 Å². The number of carbonyl (C=O) groups excluding carboxylic acids is 2. The van der Waals surface area contributed by atoms with E-state index in [4.69, 9.17) is 9.47 Å². The third-order valence-electron chi connectivity index (χ3n) is 6.54. The molecule has 0 fully saturated rings. The molecule has 1 N–H and O–H groups in total. The first-order valence-corrected chi connectivity index (χ1v) is 12.8. The van der Waals surface area contributed by atoms with Gasteiger partial charge in [0.05, 0.1) is 25.4 Å². The van der Waals surface area contributed by atoms with Crippen molar-refractivity contribution in [2.24, 2.45) is 0 Å². The minimum Gasteiger partial charge on any atom is -0.497 e. The van der Waals surface area contributed by atoms with Crippen molar-refractivity contribution in [3.8, 4) is 11.5 Å². The maximum Gasteiger partial charge on any atom is 0.249 e. The van der Waals surface area contributed by atoms with E-state index in [1.54, 1.807) is 49.6 Å². The lowest BCUT2D eigenvalue weighted by Crippen LogP contribution is -2.45. The SMILES string of the molecule is COc1cccc([C@H](C(=O)NCc2ccccc2)N(C(=O)Cn2nnc3ccccc32)c2ccccc2OC)c1. The second-order valence-electron chi connectivity index (χ2n) is 9.05. The fraction of sp³-hybridized carbons (Fsp3) is 0.161. The van der Waals surface area contributed by atoms with E-state index in [0.717, 1.165) is 5.56 Å². The number of fused-ring (bicyclic) bond motifs is 1. The predicted octanol–water partition coefficient (Wildman–Crippen LogP) is 4.54. The smallest absolute Gasteiger partial charge is 0.249 e.